The molecule has 1 aromatic heterocycles. The maximum Gasteiger partial charge on any atom is 0.261 e. The summed E-state index contributed by atoms with van der Waals surface area (Å²) in [5.74, 6) is 1.58. The van der Waals surface area contributed by atoms with Gasteiger partial charge in [-0.25, -0.2) is 8.42 Å². The van der Waals surface area contributed by atoms with Crippen LogP contribution in [0.4, 0.5) is 5.69 Å². The van der Waals surface area contributed by atoms with Crippen LogP contribution < -0.4 is 10.0 Å². The summed E-state index contributed by atoms with van der Waals surface area (Å²) in [6.07, 6.45) is 8.14. The molecule has 1 aliphatic heterocycles. The van der Waals surface area contributed by atoms with Crippen LogP contribution in [0.15, 0.2) is 53.4 Å². The van der Waals surface area contributed by atoms with Crippen LogP contribution in [0.2, 0.25) is 0 Å². The number of amides is 1. The average Bonchev–Trinajstić information content (AvgIpc) is 3.08. The summed E-state index contributed by atoms with van der Waals surface area (Å²) in [7, 11) is -3.82. The van der Waals surface area contributed by atoms with Gasteiger partial charge in [-0.05, 0) is 61.6 Å². The van der Waals surface area contributed by atoms with Crippen molar-refractivity contribution < 1.29 is 13.2 Å². The van der Waals surface area contributed by atoms with E-state index in [0.29, 0.717) is 24.2 Å². The first-order chi connectivity index (χ1) is 17.0. The molecule has 0 bridgehead atoms. The third-order valence-corrected chi connectivity index (χ3v) is 7.63. The number of nitrogens with zero attached hydrogens (tertiary/aromatic N) is 3. The lowest BCUT2D eigenvalue weighted by atomic mass is 10.1. The standard InChI is InChI=1S/C26H33N5O3S/c1-2-3-8-20-12-14-22(15-13-20)30-35(33,34)23-10-7-9-21(19-23)26(32)27-17-16-25-29-28-24-11-5-4-6-18-31(24)25/h7,9-10,12-15,19,30H,2-6,8,11,16-18H2,1H3,(H,27,32). The number of fused-ring (bicyclic) bond motifs is 1. The monoisotopic (exact) mass is 495 g/mol. The van der Waals surface area contributed by atoms with Crippen LogP contribution in [0.5, 0.6) is 0 Å². The first-order valence-corrected chi connectivity index (χ1v) is 13.9. The van der Waals surface area contributed by atoms with Gasteiger partial charge in [-0.2, -0.15) is 0 Å². The summed E-state index contributed by atoms with van der Waals surface area (Å²) in [6.45, 7) is 3.46. The molecule has 3 aromatic rings. The van der Waals surface area contributed by atoms with E-state index < -0.39 is 10.0 Å². The third-order valence-electron chi connectivity index (χ3n) is 6.25. The van der Waals surface area contributed by atoms with Crippen molar-refractivity contribution >= 4 is 21.6 Å². The minimum atomic E-state index is -3.82. The van der Waals surface area contributed by atoms with Crippen molar-refractivity contribution in [3.63, 3.8) is 0 Å². The molecular formula is C26H33N5O3S. The van der Waals surface area contributed by atoms with E-state index in [1.165, 1.54) is 24.1 Å². The second-order valence-electron chi connectivity index (χ2n) is 8.93. The van der Waals surface area contributed by atoms with Gasteiger partial charge >= 0.3 is 0 Å². The number of rotatable bonds is 10. The molecule has 1 amide bonds. The number of aromatic nitrogens is 3. The second-order valence-corrected chi connectivity index (χ2v) is 10.6. The lowest BCUT2D eigenvalue weighted by molar-refractivity contribution is 0.0953. The normalized spacial score (nSPS) is 13.6. The van der Waals surface area contributed by atoms with Gasteiger partial charge in [0.15, 0.2) is 0 Å². The Bertz CT molecular complexity index is 1250. The van der Waals surface area contributed by atoms with Crippen molar-refractivity contribution in [3.05, 3.63) is 71.3 Å². The van der Waals surface area contributed by atoms with Crippen molar-refractivity contribution in [3.8, 4) is 0 Å². The number of unbranched alkanes of at least 4 members (excludes halogenated alkanes) is 1. The summed E-state index contributed by atoms with van der Waals surface area (Å²) in [5, 5.41) is 11.5. The Labute approximate surface area is 207 Å². The van der Waals surface area contributed by atoms with Crippen LogP contribution in [-0.4, -0.2) is 35.6 Å². The van der Waals surface area contributed by atoms with Gasteiger partial charge in [-0.15, -0.1) is 10.2 Å². The number of carbonyl (C=O) groups is 1. The lowest BCUT2D eigenvalue weighted by Crippen LogP contribution is -2.27. The predicted octanol–water partition coefficient (Wildman–Crippen LogP) is 4.12. The Kier molecular flexibility index (Phi) is 8.17. The number of sulfonamides is 1. The van der Waals surface area contributed by atoms with Gasteiger partial charge < -0.3 is 9.88 Å². The molecule has 0 atom stereocenters. The van der Waals surface area contributed by atoms with Gasteiger partial charge in [-0.1, -0.05) is 38.0 Å². The first kappa shape index (κ1) is 24.9. The highest BCUT2D eigenvalue weighted by Crippen LogP contribution is 2.19. The fraction of sp³-hybridized carbons (Fsp3) is 0.423. The van der Waals surface area contributed by atoms with E-state index in [1.54, 1.807) is 24.3 Å². The fourth-order valence-corrected chi connectivity index (χ4v) is 5.36. The summed E-state index contributed by atoms with van der Waals surface area (Å²) in [5.41, 5.74) is 1.96. The van der Waals surface area contributed by atoms with Crippen molar-refractivity contribution in [2.24, 2.45) is 0 Å². The van der Waals surface area contributed by atoms with E-state index in [4.69, 9.17) is 0 Å². The highest BCUT2D eigenvalue weighted by molar-refractivity contribution is 7.92. The molecule has 2 N–H and O–H groups in total. The summed E-state index contributed by atoms with van der Waals surface area (Å²) in [4.78, 5) is 12.8. The molecule has 2 aromatic carbocycles. The number of benzene rings is 2. The predicted molar refractivity (Wildman–Crippen MR) is 136 cm³/mol. The van der Waals surface area contributed by atoms with E-state index >= 15 is 0 Å². The van der Waals surface area contributed by atoms with E-state index in [1.807, 2.05) is 12.1 Å². The maximum atomic E-state index is 12.9. The molecule has 1 aliphatic rings. The third kappa shape index (κ3) is 6.48. The van der Waals surface area contributed by atoms with Gasteiger partial charge in [0.1, 0.15) is 11.6 Å². The Morgan fingerprint density at radius 1 is 1.03 bits per heavy atom. The lowest BCUT2D eigenvalue weighted by Gasteiger charge is -2.11. The van der Waals surface area contributed by atoms with Crippen molar-refractivity contribution in [2.45, 2.75) is 69.7 Å². The number of hydrogen-bond acceptors (Lipinski definition) is 5. The largest absolute Gasteiger partial charge is 0.352 e. The van der Waals surface area contributed by atoms with E-state index in [-0.39, 0.29) is 10.8 Å². The van der Waals surface area contributed by atoms with E-state index in [2.05, 4.69) is 31.7 Å². The molecule has 0 spiro atoms. The highest BCUT2D eigenvalue weighted by atomic mass is 32.2. The van der Waals surface area contributed by atoms with Gasteiger partial charge in [0, 0.05) is 37.2 Å². The maximum absolute atomic E-state index is 12.9. The van der Waals surface area contributed by atoms with Crippen LogP contribution in [0.3, 0.4) is 0 Å². The number of nitrogens with one attached hydrogen (secondary N) is 2. The zero-order valence-electron chi connectivity index (χ0n) is 20.2. The Morgan fingerprint density at radius 2 is 1.86 bits per heavy atom. The minimum Gasteiger partial charge on any atom is -0.352 e. The van der Waals surface area contributed by atoms with Crippen LogP contribution in [0.25, 0.3) is 0 Å². The Hall–Kier alpha value is -3.20. The quantitative estimate of drug-likeness (QED) is 0.440. The molecule has 2 heterocycles. The minimum absolute atomic E-state index is 0.0444. The molecule has 35 heavy (non-hydrogen) atoms. The van der Waals surface area contributed by atoms with Crippen molar-refractivity contribution in [1.82, 2.24) is 20.1 Å². The molecule has 0 saturated carbocycles. The summed E-state index contributed by atoms with van der Waals surface area (Å²) in [6, 6.07) is 13.5. The average molecular weight is 496 g/mol. The van der Waals surface area contributed by atoms with Gasteiger partial charge in [-0.3, -0.25) is 9.52 Å². The summed E-state index contributed by atoms with van der Waals surface area (Å²) < 4.78 is 30.6. The van der Waals surface area contributed by atoms with Crippen LogP contribution in [0.1, 0.15) is 66.6 Å². The SMILES string of the molecule is CCCCc1ccc(NS(=O)(=O)c2cccc(C(=O)NCCc3nnc4n3CCCCC4)c2)cc1. The number of hydrogen-bond donors (Lipinski definition) is 2. The van der Waals surface area contributed by atoms with Crippen molar-refractivity contribution in [2.75, 3.05) is 11.3 Å². The van der Waals surface area contributed by atoms with E-state index in [9.17, 15) is 13.2 Å². The van der Waals surface area contributed by atoms with E-state index in [0.717, 1.165) is 56.7 Å². The van der Waals surface area contributed by atoms with Crippen LogP contribution in [-0.2, 0) is 35.8 Å². The van der Waals surface area contributed by atoms with Crippen LogP contribution in [0, 0.1) is 0 Å². The molecule has 186 valence electrons. The summed E-state index contributed by atoms with van der Waals surface area (Å²) >= 11 is 0. The zero-order valence-corrected chi connectivity index (χ0v) is 21.0. The number of anilines is 1. The molecule has 9 heteroatoms. The number of aryl methyl sites for hydroxylation is 2. The molecule has 0 fully saturated rings. The smallest absolute Gasteiger partial charge is 0.261 e. The molecular weight excluding hydrogens is 462 g/mol. The highest BCUT2D eigenvalue weighted by Gasteiger charge is 2.18. The Morgan fingerprint density at radius 3 is 2.66 bits per heavy atom. The number of carbonyl (C=O) groups excluding carboxylic acids is 1. The fourth-order valence-electron chi connectivity index (χ4n) is 4.26. The zero-order chi connectivity index (χ0) is 24.7. The first-order valence-electron chi connectivity index (χ1n) is 12.4. The molecule has 0 radical (unpaired) electrons. The molecule has 0 unspecified atom stereocenters. The van der Waals surface area contributed by atoms with Crippen molar-refractivity contribution in [1.29, 1.82) is 0 Å². The van der Waals surface area contributed by atoms with Gasteiger partial charge in [0.25, 0.3) is 15.9 Å². The molecule has 0 saturated heterocycles. The Balaban J connectivity index is 1.36. The molecule has 8 nitrogen and oxygen atoms in total. The van der Waals surface area contributed by atoms with Gasteiger partial charge in [0.05, 0.1) is 4.90 Å². The topological polar surface area (TPSA) is 106 Å². The molecule has 0 aliphatic carbocycles. The second kappa shape index (κ2) is 11.5. The van der Waals surface area contributed by atoms with Crippen LogP contribution >= 0.6 is 0 Å². The molecule has 4 rings (SSSR count). The van der Waals surface area contributed by atoms with Gasteiger partial charge in [0.2, 0.25) is 0 Å².